The Labute approximate surface area is 138 Å². The Balaban J connectivity index is 2.59. The van der Waals surface area contributed by atoms with Crippen LogP contribution >= 0.6 is 11.6 Å². The molecule has 24 heavy (non-hydrogen) atoms. The molecular formula is C12H6ClFN2O7S. The summed E-state index contributed by atoms with van der Waals surface area (Å²) in [4.78, 5) is 18.9. The summed E-state index contributed by atoms with van der Waals surface area (Å²) in [5.74, 6) is -1.92. The molecule has 0 aliphatic heterocycles. The van der Waals surface area contributed by atoms with Gasteiger partial charge in [0, 0.05) is 23.2 Å². The van der Waals surface area contributed by atoms with Crippen molar-refractivity contribution in [3.63, 3.8) is 0 Å². The van der Waals surface area contributed by atoms with E-state index in [1.54, 1.807) is 0 Å². The van der Waals surface area contributed by atoms with Gasteiger partial charge >= 0.3 is 15.8 Å². The van der Waals surface area contributed by atoms with Gasteiger partial charge in [-0.3, -0.25) is 20.2 Å². The number of rotatable bonds is 5. The predicted molar refractivity (Wildman–Crippen MR) is 79.0 cm³/mol. The van der Waals surface area contributed by atoms with Crippen LogP contribution in [0.15, 0.2) is 41.3 Å². The SMILES string of the molecule is O=[N+]([O-])c1ccc(F)cc1OS(=O)(=O)c1cc(Cl)ccc1[N+](=O)[O-]. The van der Waals surface area contributed by atoms with Crippen molar-refractivity contribution in [3.05, 3.63) is 67.5 Å². The van der Waals surface area contributed by atoms with Gasteiger partial charge in [-0.05, 0) is 18.2 Å². The van der Waals surface area contributed by atoms with Crippen molar-refractivity contribution in [2.75, 3.05) is 0 Å². The van der Waals surface area contributed by atoms with Crippen LogP contribution in [-0.4, -0.2) is 18.3 Å². The van der Waals surface area contributed by atoms with E-state index in [1.807, 2.05) is 0 Å². The number of benzene rings is 2. The second-order valence-corrected chi connectivity index (χ2v) is 6.23. The fourth-order valence-corrected chi connectivity index (χ4v) is 3.07. The molecule has 0 aliphatic rings. The van der Waals surface area contributed by atoms with Gasteiger partial charge in [-0.15, -0.1) is 0 Å². The first-order valence-corrected chi connectivity index (χ1v) is 7.73. The normalized spacial score (nSPS) is 11.1. The molecule has 126 valence electrons. The molecule has 2 aromatic carbocycles. The number of halogens is 2. The van der Waals surface area contributed by atoms with Crippen molar-refractivity contribution in [1.82, 2.24) is 0 Å². The minimum Gasteiger partial charge on any atom is -0.371 e. The highest BCUT2D eigenvalue weighted by atomic mass is 35.5. The first-order valence-electron chi connectivity index (χ1n) is 5.94. The highest BCUT2D eigenvalue weighted by molar-refractivity contribution is 7.87. The standard InChI is InChI=1S/C12H6ClFN2O7S/c13-7-1-3-10(16(19)20)12(5-7)24(21,22)23-11-6-8(14)2-4-9(11)15(17)18/h1-6H. The quantitative estimate of drug-likeness (QED) is 0.445. The second-order valence-electron chi connectivity index (χ2n) is 4.28. The van der Waals surface area contributed by atoms with Crippen LogP contribution in [0.4, 0.5) is 15.8 Å². The lowest BCUT2D eigenvalue weighted by Crippen LogP contribution is -2.13. The van der Waals surface area contributed by atoms with Gasteiger partial charge in [0.2, 0.25) is 5.75 Å². The molecule has 0 atom stereocenters. The lowest BCUT2D eigenvalue weighted by molar-refractivity contribution is -0.388. The maximum atomic E-state index is 13.2. The summed E-state index contributed by atoms with van der Waals surface area (Å²) in [6.45, 7) is 0. The zero-order valence-electron chi connectivity index (χ0n) is 11.4. The van der Waals surface area contributed by atoms with Crippen LogP contribution in [0.2, 0.25) is 5.02 Å². The Morgan fingerprint density at radius 1 is 1.00 bits per heavy atom. The summed E-state index contributed by atoms with van der Waals surface area (Å²) in [5, 5.41) is 21.7. The molecule has 2 rings (SSSR count). The van der Waals surface area contributed by atoms with E-state index in [0.717, 1.165) is 24.3 Å². The summed E-state index contributed by atoms with van der Waals surface area (Å²) in [5.41, 5.74) is -1.68. The molecule has 0 aliphatic carbocycles. The minimum absolute atomic E-state index is 0.142. The second kappa shape index (κ2) is 6.37. The van der Waals surface area contributed by atoms with Crippen LogP contribution in [0.25, 0.3) is 0 Å². The third-order valence-corrected chi connectivity index (χ3v) is 4.21. The van der Waals surface area contributed by atoms with E-state index < -0.39 is 47.8 Å². The topological polar surface area (TPSA) is 130 Å². The summed E-state index contributed by atoms with van der Waals surface area (Å²) in [6.07, 6.45) is 0. The van der Waals surface area contributed by atoms with E-state index in [0.29, 0.717) is 12.1 Å². The van der Waals surface area contributed by atoms with Crippen molar-refractivity contribution < 1.29 is 26.8 Å². The molecular weight excluding hydrogens is 371 g/mol. The molecule has 9 nitrogen and oxygen atoms in total. The van der Waals surface area contributed by atoms with E-state index >= 15 is 0 Å². The molecule has 2 aromatic rings. The molecule has 0 saturated heterocycles. The molecule has 0 saturated carbocycles. The maximum absolute atomic E-state index is 13.2. The third-order valence-electron chi connectivity index (χ3n) is 2.71. The maximum Gasteiger partial charge on any atom is 0.346 e. The van der Waals surface area contributed by atoms with Gasteiger partial charge < -0.3 is 4.18 Å². The van der Waals surface area contributed by atoms with Gasteiger partial charge in [-0.25, -0.2) is 4.39 Å². The van der Waals surface area contributed by atoms with Crippen LogP contribution in [0.3, 0.4) is 0 Å². The molecule has 0 N–H and O–H groups in total. The van der Waals surface area contributed by atoms with Crippen molar-refractivity contribution in [2.45, 2.75) is 4.90 Å². The van der Waals surface area contributed by atoms with Gasteiger partial charge in [0.1, 0.15) is 5.82 Å². The molecule has 0 bridgehead atoms. The number of hydrogen-bond donors (Lipinski definition) is 0. The lowest BCUT2D eigenvalue weighted by Gasteiger charge is -2.08. The fraction of sp³-hybridized carbons (Fsp3) is 0. The Morgan fingerprint density at radius 3 is 2.17 bits per heavy atom. The Morgan fingerprint density at radius 2 is 1.58 bits per heavy atom. The average molecular weight is 377 g/mol. The smallest absolute Gasteiger partial charge is 0.346 e. The van der Waals surface area contributed by atoms with E-state index in [2.05, 4.69) is 4.18 Å². The summed E-state index contributed by atoms with van der Waals surface area (Å²) < 4.78 is 42.2. The van der Waals surface area contributed by atoms with Crippen molar-refractivity contribution in [1.29, 1.82) is 0 Å². The first-order chi connectivity index (χ1) is 11.1. The van der Waals surface area contributed by atoms with E-state index in [1.165, 1.54) is 0 Å². The van der Waals surface area contributed by atoms with E-state index in [4.69, 9.17) is 11.6 Å². The van der Waals surface area contributed by atoms with Crippen LogP contribution in [0.5, 0.6) is 5.75 Å². The molecule has 12 heteroatoms. The van der Waals surface area contributed by atoms with Gasteiger partial charge in [0.15, 0.2) is 4.90 Å². The number of nitro groups is 2. The number of hydrogen-bond acceptors (Lipinski definition) is 7. The van der Waals surface area contributed by atoms with Gasteiger partial charge in [-0.2, -0.15) is 8.42 Å². The van der Waals surface area contributed by atoms with Gasteiger partial charge in [-0.1, -0.05) is 11.6 Å². The summed E-state index contributed by atoms with van der Waals surface area (Å²) in [6, 6.07) is 4.58. The van der Waals surface area contributed by atoms with E-state index in [9.17, 15) is 33.0 Å². The largest absolute Gasteiger partial charge is 0.371 e. The minimum atomic E-state index is -4.88. The molecule has 0 fully saturated rings. The Hall–Kier alpha value is -2.79. The average Bonchev–Trinajstić information content (AvgIpc) is 2.46. The monoisotopic (exact) mass is 376 g/mol. The highest BCUT2D eigenvalue weighted by Gasteiger charge is 2.30. The zero-order chi connectivity index (χ0) is 18.1. The van der Waals surface area contributed by atoms with Crippen molar-refractivity contribution in [3.8, 4) is 5.75 Å². The summed E-state index contributed by atoms with van der Waals surface area (Å²) in [7, 11) is -4.88. The van der Waals surface area contributed by atoms with Crippen LogP contribution < -0.4 is 4.18 Å². The first kappa shape index (κ1) is 17.6. The van der Waals surface area contributed by atoms with Crippen molar-refractivity contribution in [2.24, 2.45) is 0 Å². The molecule has 0 unspecified atom stereocenters. The molecule has 0 amide bonds. The fourth-order valence-electron chi connectivity index (χ4n) is 1.71. The van der Waals surface area contributed by atoms with Crippen LogP contribution in [0.1, 0.15) is 0 Å². The number of nitro benzene ring substituents is 2. The predicted octanol–water partition coefficient (Wildman–Crippen LogP) is 3.06. The Bertz CT molecular complexity index is 948. The molecule has 0 aromatic heterocycles. The Kier molecular flexibility index (Phi) is 4.66. The highest BCUT2D eigenvalue weighted by Crippen LogP contribution is 2.33. The number of nitrogens with zero attached hydrogens (tertiary/aromatic N) is 2. The van der Waals surface area contributed by atoms with E-state index in [-0.39, 0.29) is 5.02 Å². The third kappa shape index (κ3) is 3.58. The van der Waals surface area contributed by atoms with Crippen LogP contribution in [0, 0.1) is 26.0 Å². The van der Waals surface area contributed by atoms with Crippen molar-refractivity contribution >= 4 is 33.1 Å². The molecule has 0 spiro atoms. The summed E-state index contributed by atoms with van der Waals surface area (Å²) >= 11 is 5.63. The zero-order valence-corrected chi connectivity index (χ0v) is 13.0. The molecule has 0 radical (unpaired) electrons. The van der Waals surface area contributed by atoms with Crippen LogP contribution in [-0.2, 0) is 10.1 Å². The van der Waals surface area contributed by atoms with Gasteiger partial charge in [0.05, 0.1) is 9.85 Å². The molecule has 0 heterocycles. The van der Waals surface area contributed by atoms with Gasteiger partial charge in [0.25, 0.3) is 5.69 Å². The lowest BCUT2D eigenvalue weighted by atomic mass is 10.3.